The summed E-state index contributed by atoms with van der Waals surface area (Å²) in [5.41, 5.74) is -1.43. The van der Waals surface area contributed by atoms with Crippen molar-refractivity contribution in [2.24, 2.45) is 0 Å². The molecule has 0 aliphatic heterocycles. The van der Waals surface area contributed by atoms with E-state index < -0.39 is 50.1 Å². The molecule has 134 valence electrons. The predicted octanol–water partition coefficient (Wildman–Crippen LogP) is 3.22. The van der Waals surface area contributed by atoms with Gasteiger partial charge in [0.15, 0.2) is 5.75 Å². The van der Waals surface area contributed by atoms with Crippen molar-refractivity contribution in [3.63, 3.8) is 0 Å². The minimum absolute atomic E-state index is 0.527. The van der Waals surface area contributed by atoms with Gasteiger partial charge in [-0.25, -0.2) is 17.6 Å². The number of anilines is 1. The van der Waals surface area contributed by atoms with Crippen molar-refractivity contribution >= 4 is 21.7 Å². The van der Waals surface area contributed by atoms with E-state index in [0.29, 0.717) is 12.1 Å². The van der Waals surface area contributed by atoms with Crippen molar-refractivity contribution in [3.8, 4) is 5.75 Å². The van der Waals surface area contributed by atoms with Gasteiger partial charge in [-0.2, -0.15) is 0 Å². The first kappa shape index (κ1) is 18.5. The highest BCUT2D eigenvalue weighted by atomic mass is 32.2. The summed E-state index contributed by atoms with van der Waals surface area (Å²) < 4.78 is 80.5. The maximum atomic E-state index is 13.3. The van der Waals surface area contributed by atoms with E-state index in [4.69, 9.17) is 5.11 Å². The van der Waals surface area contributed by atoms with Gasteiger partial charge in [0, 0.05) is 0 Å². The lowest BCUT2D eigenvalue weighted by Crippen LogP contribution is -2.20. The number of rotatable bonds is 5. The van der Waals surface area contributed by atoms with Crippen LogP contribution < -0.4 is 9.46 Å². The van der Waals surface area contributed by atoms with Gasteiger partial charge in [0.25, 0.3) is 10.0 Å². The van der Waals surface area contributed by atoms with Crippen molar-refractivity contribution < 1.29 is 40.6 Å². The lowest BCUT2D eigenvalue weighted by molar-refractivity contribution is -0.274. The zero-order valence-corrected chi connectivity index (χ0v) is 12.9. The molecule has 0 spiro atoms. The predicted molar refractivity (Wildman–Crippen MR) is 77.3 cm³/mol. The molecule has 11 heteroatoms. The van der Waals surface area contributed by atoms with Crippen LogP contribution in [0.25, 0.3) is 0 Å². The Morgan fingerprint density at radius 1 is 1.12 bits per heavy atom. The van der Waals surface area contributed by atoms with Gasteiger partial charge in [0.1, 0.15) is 5.82 Å². The first-order valence-corrected chi connectivity index (χ1v) is 7.88. The Morgan fingerprint density at radius 2 is 1.76 bits per heavy atom. The maximum absolute atomic E-state index is 13.3. The van der Waals surface area contributed by atoms with Crippen molar-refractivity contribution in [1.82, 2.24) is 0 Å². The van der Waals surface area contributed by atoms with Crippen LogP contribution >= 0.6 is 0 Å². The van der Waals surface area contributed by atoms with Gasteiger partial charge in [-0.15, -0.1) is 13.2 Å². The average molecular weight is 379 g/mol. The molecule has 25 heavy (non-hydrogen) atoms. The molecule has 2 aromatic carbocycles. The number of carboxylic acids is 1. The number of sulfonamides is 1. The quantitative estimate of drug-likeness (QED) is 0.779. The van der Waals surface area contributed by atoms with Gasteiger partial charge in [-0.1, -0.05) is 12.1 Å². The summed E-state index contributed by atoms with van der Waals surface area (Å²) in [6.45, 7) is 0. The van der Waals surface area contributed by atoms with Crippen LogP contribution in [-0.2, 0) is 10.0 Å². The lowest BCUT2D eigenvalue weighted by Gasteiger charge is -2.15. The monoisotopic (exact) mass is 379 g/mol. The molecule has 0 unspecified atom stereocenters. The number of benzene rings is 2. The van der Waals surface area contributed by atoms with E-state index in [9.17, 15) is 30.8 Å². The first-order valence-electron chi connectivity index (χ1n) is 6.40. The Balaban J connectivity index is 2.41. The normalized spacial score (nSPS) is 11.8. The van der Waals surface area contributed by atoms with Crippen LogP contribution in [0.15, 0.2) is 47.4 Å². The molecule has 0 atom stereocenters. The van der Waals surface area contributed by atoms with E-state index in [1.807, 2.05) is 4.72 Å². The summed E-state index contributed by atoms with van der Waals surface area (Å²) in [6, 6.07) is 6.30. The molecule has 0 radical (unpaired) electrons. The molecule has 0 fully saturated rings. The molecule has 2 N–H and O–H groups in total. The molecule has 2 aromatic rings. The average Bonchev–Trinajstić information content (AvgIpc) is 2.47. The Kier molecular flexibility index (Phi) is 4.88. The summed E-state index contributed by atoms with van der Waals surface area (Å²) in [5.74, 6) is -3.67. The zero-order chi connectivity index (χ0) is 18.8. The highest BCUT2D eigenvalue weighted by Crippen LogP contribution is 2.31. The highest BCUT2D eigenvalue weighted by Gasteiger charge is 2.32. The Hall–Kier alpha value is -2.82. The number of alkyl halides is 3. The minimum atomic E-state index is -5.05. The van der Waals surface area contributed by atoms with Crippen LogP contribution in [0.3, 0.4) is 0 Å². The molecular formula is C14H9F4NO5S. The lowest BCUT2D eigenvalue weighted by atomic mass is 10.2. The number of nitrogens with one attached hydrogen (secondary N) is 1. The molecule has 2 rings (SSSR count). The Bertz CT molecular complexity index is 912. The number of hydrogen-bond acceptors (Lipinski definition) is 4. The second-order valence-corrected chi connectivity index (χ2v) is 6.28. The van der Waals surface area contributed by atoms with Crippen molar-refractivity contribution in [2.75, 3.05) is 4.72 Å². The summed E-state index contributed by atoms with van der Waals surface area (Å²) in [7, 11) is -4.49. The molecular weight excluding hydrogens is 370 g/mol. The van der Waals surface area contributed by atoms with Gasteiger partial charge in [-0.05, 0) is 30.3 Å². The fraction of sp³-hybridized carbons (Fsp3) is 0.0714. The van der Waals surface area contributed by atoms with Crippen molar-refractivity contribution in [2.45, 2.75) is 11.3 Å². The zero-order valence-electron chi connectivity index (χ0n) is 12.0. The third-order valence-corrected chi connectivity index (χ3v) is 4.20. The molecule has 0 bridgehead atoms. The maximum Gasteiger partial charge on any atom is 0.573 e. The first-order chi connectivity index (χ1) is 11.5. The minimum Gasteiger partial charge on any atom is -0.478 e. The summed E-state index contributed by atoms with van der Waals surface area (Å²) >= 11 is 0. The number of carboxylic acid groups (broad SMARTS) is 1. The highest BCUT2D eigenvalue weighted by molar-refractivity contribution is 7.92. The largest absolute Gasteiger partial charge is 0.573 e. The standard InChI is InChI=1S/C14H9F4NO5S/c15-10-6-5-8(7-9(10)13(20)21)25(22,23)19-11-3-1-2-4-12(11)24-14(16,17)18/h1-7,19H,(H,20,21). The van der Waals surface area contributed by atoms with Gasteiger partial charge < -0.3 is 9.84 Å². The molecule has 0 amide bonds. The number of para-hydroxylation sites is 2. The van der Waals surface area contributed by atoms with E-state index >= 15 is 0 Å². The molecule has 0 saturated carbocycles. The fourth-order valence-corrected chi connectivity index (χ4v) is 2.90. The van der Waals surface area contributed by atoms with Crippen molar-refractivity contribution in [3.05, 3.63) is 53.8 Å². The number of hydrogen-bond donors (Lipinski definition) is 2. The van der Waals surface area contributed by atoms with Crippen LogP contribution in [0, 0.1) is 5.82 Å². The Labute approximate surface area is 138 Å². The van der Waals surface area contributed by atoms with Gasteiger partial charge in [0.05, 0.1) is 16.1 Å². The molecule has 0 heterocycles. The summed E-state index contributed by atoms with van der Waals surface area (Å²) in [6.07, 6.45) is -5.05. The van der Waals surface area contributed by atoms with Crippen LogP contribution in [0.2, 0.25) is 0 Å². The SMILES string of the molecule is O=C(O)c1cc(S(=O)(=O)Nc2ccccc2OC(F)(F)F)ccc1F. The van der Waals surface area contributed by atoms with Crippen LogP contribution in [-0.4, -0.2) is 25.9 Å². The third kappa shape index (κ3) is 4.59. The van der Waals surface area contributed by atoms with Gasteiger partial charge >= 0.3 is 12.3 Å². The number of halogens is 4. The van der Waals surface area contributed by atoms with Gasteiger partial charge in [0.2, 0.25) is 0 Å². The van der Waals surface area contributed by atoms with Crippen LogP contribution in [0.5, 0.6) is 5.75 Å². The molecule has 0 saturated heterocycles. The number of ether oxygens (including phenoxy) is 1. The third-order valence-electron chi connectivity index (χ3n) is 2.84. The summed E-state index contributed by atoms with van der Waals surface area (Å²) in [5, 5.41) is 8.82. The van der Waals surface area contributed by atoms with Crippen LogP contribution in [0.4, 0.5) is 23.2 Å². The second-order valence-electron chi connectivity index (χ2n) is 4.60. The molecule has 0 aliphatic carbocycles. The molecule has 0 aliphatic rings. The van der Waals surface area contributed by atoms with Crippen LogP contribution in [0.1, 0.15) is 10.4 Å². The van der Waals surface area contributed by atoms with E-state index in [2.05, 4.69) is 4.74 Å². The molecule has 6 nitrogen and oxygen atoms in total. The Morgan fingerprint density at radius 3 is 2.36 bits per heavy atom. The number of aromatic carboxylic acids is 1. The second kappa shape index (κ2) is 6.59. The van der Waals surface area contributed by atoms with Crippen molar-refractivity contribution in [1.29, 1.82) is 0 Å². The van der Waals surface area contributed by atoms with E-state index in [0.717, 1.165) is 18.2 Å². The number of carbonyl (C=O) groups is 1. The van der Waals surface area contributed by atoms with Gasteiger partial charge in [-0.3, -0.25) is 4.72 Å². The smallest absolute Gasteiger partial charge is 0.478 e. The topological polar surface area (TPSA) is 92.7 Å². The fourth-order valence-electron chi connectivity index (χ4n) is 1.80. The molecule has 0 aromatic heterocycles. The van der Waals surface area contributed by atoms with E-state index in [-0.39, 0.29) is 0 Å². The summed E-state index contributed by atoms with van der Waals surface area (Å²) in [4.78, 5) is 10.2. The van der Waals surface area contributed by atoms with E-state index in [1.165, 1.54) is 12.1 Å². The van der Waals surface area contributed by atoms with E-state index in [1.54, 1.807) is 0 Å².